The Balaban J connectivity index is 2.29. The van der Waals surface area contributed by atoms with Crippen LogP contribution in [0.15, 0.2) is 36.7 Å². The standard InChI is InChI=1S/C16H14ClN3O2/c1-10(2)22-16-13(17)7-11(9-20-16)15(21)12(8-18)14-5-3-4-6-19-14/h3-7,9-10,12H,1-2H3. The maximum Gasteiger partial charge on any atom is 0.232 e. The Morgan fingerprint density at radius 3 is 2.68 bits per heavy atom. The summed E-state index contributed by atoms with van der Waals surface area (Å²) in [5.74, 6) is -1.12. The number of ketones is 1. The fourth-order valence-corrected chi connectivity index (χ4v) is 2.05. The number of ether oxygens (including phenoxy) is 1. The number of carbonyl (C=O) groups excluding carboxylic acids is 1. The predicted molar refractivity (Wildman–Crippen MR) is 81.9 cm³/mol. The van der Waals surface area contributed by atoms with E-state index in [0.29, 0.717) is 5.69 Å². The van der Waals surface area contributed by atoms with Crippen LogP contribution in [0.2, 0.25) is 5.02 Å². The molecule has 6 heteroatoms. The molecule has 0 spiro atoms. The van der Waals surface area contributed by atoms with Crippen LogP contribution in [0, 0.1) is 11.3 Å². The Hall–Kier alpha value is -2.45. The highest BCUT2D eigenvalue weighted by atomic mass is 35.5. The molecule has 0 N–H and O–H groups in total. The lowest BCUT2D eigenvalue weighted by molar-refractivity contribution is 0.0977. The van der Waals surface area contributed by atoms with E-state index >= 15 is 0 Å². The van der Waals surface area contributed by atoms with Gasteiger partial charge in [0, 0.05) is 18.0 Å². The lowest BCUT2D eigenvalue weighted by Gasteiger charge is -2.12. The molecule has 0 radical (unpaired) electrons. The quantitative estimate of drug-likeness (QED) is 0.790. The van der Waals surface area contributed by atoms with Crippen molar-refractivity contribution in [3.63, 3.8) is 0 Å². The molecule has 2 rings (SSSR count). The van der Waals surface area contributed by atoms with Gasteiger partial charge >= 0.3 is 0 Å². The number of hydrogen-bond donors (Lipinski definition) is 0. The van der Waals surface area contributed by atoms with Crippen LogP contribution in [-0.2, 0) is 0 Å². The summed E-state index contributed by atoms with van der Waals surface area (Å²) < 4.78 is 5.42. The van der Waals surface area contributed by atoms with Crippen molar-refractivity contribution in [3.8, 4) is 11.9 Å². The van der Waals surface area contributed by atoms with Crippen LogP contribution in [0.25, 0.3) is 0 Å². The molecule has 0 saturated heterocycles. The third kappa shape index (κ3) is 3.60. The minimum atomic E-state index is -0.990. The molecule has 2 heterocycles. The lowest BCUT2D eigenvalue weighted by Crippen LogP contribution is -2.14. The Bertz CT molecular complexity index is 711. The smallest absolute Gasteiger partial charge is 0.232 e. The van der Waals surface area contributed by atoms with Gasteiger partial charge in [0.2, 0.25) is 5.88 Å². The zero-order chi connectivity index (χ0) is 16.1. The minimum absolute atomic E-state index is 0.0769. The van der Waals surface area contributed by atoms with Gasteiger partial charge in [-0.3, -0.25) is 9.78 Å². The number of rotatable bonds is 5. The number of aromatic nitrogens is 2. The maximum atomic E-state index is 12.5. The van der Waals surface area contributed by atoms with E-state index in [1.165, 1.54) is 18.5 Å². The summed E-state index contributed by atoms with van der Waals surface area (Å²) in [6, 6.07) is 8.51. The molecule has 0 fully saturated rings. The second kappa shape index (κ2) is 7.01. The summed E-state index contributed by atoms with van der Waals surface area (Å²) in [6.45, 7) is 3.70. The molecule has 1 atom stereocenters. The van der Waals surface area contributed by atoms with Gasteiger partial charge in [-0.15, -0.1) is 0 Å². The second-order valence-electron chi connectivity index (χ2n) is 4.86. The van der Waals surface area contributed by atoms with E-state index in [2.05, 4.69) is 9.97 Å². The van der Waals surface area contributed by atoms with E-state index in [9.17, 15) is 10.1 Å². The monoisotopic (exact) mass is 315 g/mol. The van der Waals surface area contributed by atoms with Crippen LogP contribution in [0.3, 0.4) is 0 Å². The lowest BCUT2D eigenvalue weighted by atomic mass is 9.96. The first-order chi connectivity index (χ1) is 10.5. The highest BCUT2D eigenvalue weighted by Gasteiger charge is 2.24. The zero-order valence-electron chi connectivity index (χ0n) is 12.2. The van der Waals surface area contributed by atoms with Crippen molar-refractivity contribution < 1.29 is 9.53 Å². The van der Waals surface area contributed by atoms with Gasteiger partial charge in [0.05, 0.1) is 17.9 Å². The largest absolute Gasteiger partial charge is 0.474 e. The van der Waals surface area contributed by atoms with Crippen molar-refractivity contribution in [3.05, 3.63) is 52.9 Å². The molecule has 2 aromatic heterocycles. The second-order valence-corrected chi connectivity index (χ2v) is 5.27. The minimum Gasteiger partial charge on any atom is -0.474 e. The topological polar surface area (TPSA) is 75.9 Å². The van der Waals surface area contributed by atoms with Gasteiger partial charge in [0.25, 0.3) is 0 Å². The van der Waals surface area contributed by atoms with Crippen LogP contribution in [0.1, 0.15) is 35.8 Å². The molecule has 0 bridgehead atoms. The van der Waals surface area contributed by atoms with E-state index in [0.717, 1.165) is 0 Å². The Morgan fingerprint density at radius 1 is 1.36 bits per heavy atom. The first-order valence-corrected chi connectivity index (χ1v) is 7.07. The molecule has 2 aromatic rings. The molecular weight excluding hydrogens is 302 g/mol. The third-order valence-corrected chi connectivity index (χ3v) is 3.08. The zero-order valence-corrected chi connectivity index (χ0v) is 12.9. The highest BCUT2D eigenvalue weighted by molar-refractivity contribution is 6.32. The first-order valence-electron chi connectivity index (χ1n) is 6.70. The average Bonchev–Trinajstić information content (AvgIpc) is 2.50. The fourth-order valence-electron chi connectivity index (χ4n) is 1.84. The van der Waals surface area contributed by atoms with Crippen molar-refractivity contribution in [1.29, 1.82) is 5.26 Å². The van der Waals surface area contributed by atoms with Crippen LogP contribution >= 0.6 is 11.6 Å². The van der Waals surface area contributed by atoms with Crippen molar-refractivity contribution in [2.45, 2.75) is 25.9 Å². The maximum absolute atomic E-state index is 12.5. The van der Waals surface area contributed by atoms with Gasteiger partial charge in [-0.2, -0.15) is 5.26 Å². The number of nitrogens with zero attached hydrogens (tertiary/aromatic N) is 3. The van der Waals surface area contributed by atoms with Gasteiger partial charge in [-0.1, -0.05) is 17.7 Å². The van der Waals surface area contributed by atoms with Crippen LogP contribution in [-0.4, -0.2) is 21.9 Å². The summed E-state index contributed by atoms with van der Waals surface area (Å²) in [6.07, 6.45) is 2.82. The number of nitriles is 1. The van der Waals surface area contributed by atoms with Gasteiger partial charge in [-0.05, 0) is 32.0 Å². The Labute approximate surface area is 133 Å². The summed E-state index contributed by atoms with van der Waals surface area (Å²) in [4.78, 5) is 20.6. The fraction of sp³-hybridized carbons (Fsp3) is 0.250. The van der Waals surface area contributed by atoms with E-state index in [1.807, 2.05) is 19.9 Å². The number of halogens is 1. The predicted octanol–water partition coefficient (Wildman–Crippen LogP) is 3.41. The summed E-state index contributed by atoms with van der Waals surface area (Å²) in [5, 5.41) is 9.50. The number of Topliss-reactive ketones (excluding diaryl/α,β-unsaturated/α-hetero) is 1. The highest BCUT2D eigenvalue weighted by Crippen LogP contribution is 2.26. The molecule has 1 unspecified atom stereocenters. The van der Waals surface area contributed by atoms with Gasteiger partial charge in [0.15, 0.2) is 11.7 Å². The van der Waals surface area contributed by atoms with E-state index in [1.54, 1.807) is 18.2 Å². The molecular formula is C16H14ClN3O2. The first kappa shape index (κ1) is 15.9. The molecule has 0 aliphatic heterocycles. The van der Waals surface area contributed by atoms with Gasteiger partial charge < -0.3 is 4.74 Å². The van der Waals surface area contributed by atoms with Gasteiger partial charge in [0.1, 0.15) is 5.02 Å². The van der Waals surface area contributed by atoms with E-state index in [-0.39, 0.29) is 22.6 Å². The number of carbonyl (C=O) groups is 1. The third-order valence-electron chi connectivity index (χ3n) is 2.81. The molecule has 0 aliphatic rings. The van der Waals surface area contributed by atoms with Crippen LogP contribution in [0.4, 0.5) is 0 Å². The molecule has 22 heavy (non-hydrogen) atoms. The van der Waals surface area contributed by atoms with Crippen LogP contribution in [0.5, 0.6) is 5.88 Å². The summed E-state index contributed by atoms with van der Waals surface area (Å²) in [5.41, 5.74) is 0.645. The summed E-state index contributed by atoms with van der Waals surface area (Å²) in [7, 11) is 0. The molecule has 0 saturated carbocycles. The van der Waals surface area contributed by atoms with Crippen LogP contribution < -0.4 is 4.74 Å². The molecule has 0 amide bonds. The Kier molecular flexibility index (Phi) is 5.08. The molecule has 0 aliphatic carbocycles. The van der Waals surface area contributed by atoms with Crippen molar-refractivity contribution in [2.24, 2.45) is 0 Å². The van der Waals surface area contributed by atoms with E-state index in [4.69, 9.17) is 16.3 Å². The number of hydrogen-bond acceptors (Lipinski definition) is 5. The van der Waals surface area contributed by atoms with Crippen molar-refractivity contribution in [1.82, 2.24) is 9.97 Å². The Morgan fingerprint density at radius 2 is 2.14 bits per heavy atom. The SMILES string of the molecule is CC(C)Oc1ncc(C(=O)C(C#N)c2ccccn2)cc1Cl. The number of pyridine rings is 2. The van der Waals surface area contributed by atoms with E-state index < -0.39 is 11.7 Å². The van der Waals surface area contributed by atoms with Gasteiger partial charge in [-0.25, -0.2) is 4.98 Å². The molecule has 0 aromatic carbocycles. The average molecular weight is 316 g/mol. The normalized spacial score (nSPS) is 11.8. The molecule has 112 valence electrons. The molecule has 5 nitrogen and oxygen atoms in total. The summed E-state index contributed by atoms with van der Waals surface area (Å²) >= 11 is 6.07. The van der Waals surface area contributed by atoms with Crippen molar-refractivity contribution in [2.75, 3.05) is 0 Å². The van der Waals surface area contributed by atoms with Crippen molar-refractivity contribution >= 4 is 17.4 Å².